The lowest BCUT2D eigenvalue weighted by atomic mass is 10.4. The molecular formula is C7H8ClNOS. The molecule has 2 nitrogen and oxygen atoms in total. The van der Waals surface area contributed by atoms with Gasteiger partial charge in [-0.25, -0.2) is 0 Å². The van der Waals surface area contributed by atoms with E-state index < -0.39 is 10.8 Å². The topological polar surface area (TPSA) is 30.0 Å². The minimum absolute atomic E-state index is 0.567. The molecule has 60 valence electrons. The Bertz CT molecular complexity index is 300. The van der Waals surface area contributed by atoms with Crippen LogP contribution in [-0.4, -0.2) is 15.4 Å². The zero-order valence-electron chi connectivity index (χ0n) is 6.30. The normalized spacial score (nSPS) is 13.0. The summed E-state index contributed by atoms with van der Waals surface area (Å²) >= 11 is 5.76. The van der Waals surface area contributed by atoms with Crippen LogP contribution in [0, 0.1) is 6.92 Å². The monoisotopic (exact) mass is 189 g/mol. The van der Waals surface area contributed by atoms with Crippen molar-refractivity contribution in [1.82, 2.24) is 4.98 Å². The Morgan fingerprint density at radius 3 is 2.73 bits per heavy atom. The molecule has 0 fully saturated rings. The maximum Gasteiger partial charge on any atom is 0.0630 e. The quantitative estimate of drug-likeness (QED) is 0.674. The summed E-state index contributed by atoms with van der Waals surface area (Å²) in [7, 11) is -0.994. The average molecular weight is 190 g/mol. The largest absolute Gasteiger partial charge is 0.259 e. The standard InChI is InChI=1S/C7H8ClNOS/c1-5-7(8)3-6(4-9-5)11(2)10/h3-4H,1-2H3. The molecule has 0 aliphatic carbocycles. The summed E-state index contributed by atoms with van der Waals surface area (Å²) in [6.07, 6.45) is 3.18. The number of rotatable bonds is 1. The second-order valence-electron chi connectivity index (χ2n) is 2.19. The molecule has 0 aliphatic heterocycles. The van der Waals surface area contributed by atoms with E-state index in [4.69, 9.17) is 11.6 Å². The highest BCUT2D eigenvalue weighted by Crippen LogP contribution is 2.15. The van der Waals surface area contributed by atoms with Gasteiger partial charge in [-0.1, -0.05) is 11.6 Å². The van der Waals surface area contributed by atoms with Crippen LogP contribution in [0.4, 0.5) is 0 Å². The predicted octanol–water partition coefficient (Wildman–Crippen LogP) is 1.78. The van der Waals surface area contributed by atoms with Gasteiger partial charge in [0.05, 0.1) is 26.4 Å². The fourth-order valence-electron chi connectivity index (χ4n) is 0.646. The minimum Gasteiger partial charge on any atom is -0.259 e. The van der Waals surface area contributed by atoms with E-state index in [9.17, 15) is 4.21 Å². The van der Waals surface area contributed by atoms with Crippen molar-refractivity contribution in [3.8, 4) is 0 Å². The van der Waals surface area contributed by atoms with Crippen molar-refractivity contribution in [3.63, 3.8) is 0 Å². The molecule has 11 heavy (non-hydrogen) atoms. The second kappa shape index (κ2) is 3.32. The molecule has 1 aromatic heterocycles. The summed E-state index contributed by atoms with van der Waals surface area (Å²) in [6.45, 7) is 1.81. The number of aromatic nitrogens is 1. The lowest BCUT2D eigenvalue weighted by molar-refractivity contribution is 0.686. The highest BCUT2D eigenvalue weighted by molar-refractivity contribution is 7.84. The number of pyridine rings is 1. The van der Waals surface area contributed by atoms with E-state index in [-0.39, 0.29) is 0 Å². The van der Waals surface area contributed by atoms with Crippen molar-refractivity contribution >= 4 is 22.4 Å². The van der Waals surface area contributed by atoms with Crippen LogP contribution in [0.2, 0.25) is 5.02 Å². The number of hydrogen-bond donors (Lipinski definition) is 0. The van der Waals surface area contributed by atoms with Crippen LogP contribution in [0.25, 0.3) is 0 Å². The van der Waals surface area contributed by atoms with Gasteiger partial charge in [0.1, 0.15) is 0 Å². The fourth-order valence-corrected chi connectivity index (χ4v) is 1.36. The van der Waals surface area contributed by atoms with Gasteiger partial charge in [-0.2, -0.15) is 0 Å². The molecule has 0 N–H and O–H groups in total. The molecule has 4 heteroatoms. The maximum absolute atomic E-state index is 10.9. The molecule has 0 amide bonds. The molecule has 1 rings (SSSR count). The van der Waals surface area contributed by atoms with Crippen LogP contribution in [0.3, 0.4) is 0 Å². The third-order valence-electron chi connectivity index (χ3n) is 1.33. The van der Waals surface area contributed by atoms with Crippen molar-refractivity contribution in [2.75, 3.05) is 6.26 Å². The Morgan fingerprint density at radius 2 is 2.27 bits per heavy atom. The average Bonchev–Trinajstić information content (AvgIpc) is 1.94. The van der Waals surface area contributed by atoms with Crippen LogP contribution in [0.1, 0.15) is 5.69 Å². The number of halogens is 1. The first-order chi connectivity index (χ1) is 5.11. The zero-order valence-corrected chi connectivity index (χ0v) is 7.87. The third-order valence-corrected chi connectivity index (χ3v) is 2.60. The van der Waals surface area contributed by atoms with Gasteiger partial charge in [0.2, 0.25) is 0 Å². The summed E-state index contributed by atoms with van der Waals surface area (Å²) in [4.78, 5) is 4.64. The molecule has 0 radical (unpaired) electrons. The number of nitrogens with zero attached hydrogens (tertiary/aromatic N) is 1. The van der Waals surface area contributed by atoms with Crippen molar-refractivity contribution < 1.29 is 4.21 Å². The zero-order chi connectivity index (χ0) is 8.43. The molecule has 0 spiro atoms. The third kappa shape index (κ3) is 2.01. The van der Waals surface area contributed by atoms with E-state index in [0.29, 0.717) is 9.92 Å². The van der Waals surface area contributed by atoms with E-state index >= 15 is 0 Å². The Balaban J connectivity index is 3.15. The molecule has 1 unspecified atom stereocenters. The van der Waals surface area contributed by atoms with E-state index in [2.05, 4.69) is 4.98 Å². The predicted molar refractivity (Wildman–Crippen MR) is 46.3 cm³/mol. The van der Waals surface area contributed by atoms with Gasteiger partial charge in [0, 0.05) is 12.5 Å². The fraction of sp³-hybridized carbons (Fsp3) is 0.286. The van der Waals surface area contributed by atoms with Gasteiger partial charge in [0.15, 0.2) is 0 Å². The SMILES string of the molecule is Cc1ncc(S(C)=O)cc1Cl. The Kier molecular flexibility index (Phi) is 2.62. The van der Waals surface area contributed by atoms with Crippen molar-refractivity contribution in [2.24, 2.45) is 0 Å². The van der Waals surface area contributed by atoms with Crippen LogP contribution in [0.15, 0.2) is 17.2 Å². The van der Waals surface area contributed by atoms with Crippen LogP contribution < -0.4 is 0 Å². The van der Waals surface area contributed by atoms with Crippen molar-refractivity contribution in [3.05, 3.63) is 23.0 Å². The Morgan fingerprint density at radius 1 is 1.64 bits per heavy atom. The summed E-state index contributed by atoms with van der Waals surface area (Å²) < 4.78 is 10.9. The summed E-state index contributed by atoms with van der Waals surface area (Å²) in [5.41, 5.74) is 0.765. The van der Waals surface area contributed by atoms with E-state index in [1.165, 1.54) is 0 Å². The summed E-state index contributed by atoms with van der Waals surface area (Å²) in [5, 5.41) is 0.567. The van der Waals surface area contributed by atoms with E-state index in [1.807, 2.05) is 6.92 Å². The molecule has 0 aromatic carbocycles. The van der Waals surface area contributed by atoms with Gasteiger partial charge < -0.3 is 0 Å². The molecule has 0 saturated carbocycles. The first-order valence-electron chi connectivity index (χ1n) is 3.07. The van der Waals surface area contributed by atoms with Gasteiger partial charge >= 0.3 is 0 Å². The molecule has 0 saturated heterocycles. The molecular weight excluding hydrogens is 182 g/mol. The highest BCUT2D eigenvalue weighted by Gasteiger charge is 2.00. The first kappa shape index (κ1) is 8.68. The van der Waals surface area contributed by atoms with Crippen LogP contribution in [0.5, 0.6) is 0 Å². The Labute approximate surface area is 73.1 Å². The lowest BCUT2D eigenvalue weighted by Gasteiger charge is -1.98. The van der Waals surface area contributed by atoms with E-state index in [0.717, 1.165) is 5.69 Å². The van der Waals surface area contributed by atoms with Crippen LogP contribution >= 0.6 is 11.6 Å². The van der Waals surface area contributed by atoms with Gasteiger partial charge in [0.25, 0.3) is 0 Å². The smallest absolute Gasteiger partial charge is 0.0630 e. The molecule has 1 heterocycles. The van der Waals surface area contributed by atoms with Crippen molar-refractivity contribution in [2.45, 2.75) is 11.8 Å². The molecule has 1 atom stereocenters. The molecule has 0 bridgehead atoms. The highest BCUT2D eigenvalue weighted by atomic mass is 35.5. The molecule has 1 aromatic rings. The number of aryl methyl sites for hydroxylation is 1. The van der Waals surface area contributed by atoms with Gasteiger partial charge in [-0.3, -0.25) is 9.19 Å². The van der Waals surface area contributed by atoms with Crippen LogP contribution in [-0.2, 0) is 10.8 Å². The van der Waals surface area contributed by atoms with Crippen molar-refractivity contribution in [1.29, 1.82) is 0 Å². The second-order valence-corrected chi connectivity index (χ2v) is 3.98. The van der Waals surface area contributed by atoms with E-state index in [1.54, 1.807) is 18.5 Å². The first-order valence-corrected chi connectivity index (χ1v) is 5.00. The molecule has 0 aliphatic rings. The maximum atomic E-state index is 10.9. The Hall–Kier alpha value is -0.410. The van der Waals surface area contributed by atoms with Gasteiger partial charge in [-0.15, -0.1) is 0 Å². The lowest BCUT2D eigenvalue weighted by Crippen LogP contribution is -1.90. The minimum atomic E-state index is -0.994. The summed E-state index contributed by atoms with van der Waals surface area (Å²) in [5.74, 6) is 0. The number of hydrogen-bond acceptors (Lipinski definition) is 2. The van der Waals surface area contributed by atoms with Gasteiger partial charge in [-0.05, 0) is 13.0 Å². The summed E-state index contributed by atoms with van der Waals surface area (Å²) in [6, 6.07) is 1.68.